The zero-order valence-electron chi connectivity index (χ0n) is 11.8. The van der Waals surface area contributed by atoms with Crippen molar-refractivity contribution in [1.82, 2.24) is 0 Å². The van der Waals surface area contributed by atoms with Crippen LogP contribution in [0.25, 0.3) is 0 Å². The Morgan fingerprint density at radius 3 is 2.47 bits per heavy atom. The Morgan fingerprint density at radius 2 is 1.95 bits per heavy atom. The number of benzene rings is 1. The number of carbonyl (C=O) groups is 1. The molecule has 0 N–H and O–H groups in total. The molecule has 0 spiro atoms. The molecule has 0 heterocycles. The first-order valence-electron chi connectivity index (χ1n) is 6.84. The molecule has 0 saturated heterocycles. The molecule has 0 unspecified atom stereocenters. The number of rotatable bonds is 3. The maximum Gasteiger partial charge on any atom is 0.159 e. The Labute approximate surface area is 120 Å². The number of carbonyl (C=O) groups excluding carboxylic acids is 1. The molecule has 104 valence electrons. The van der Waals surface area contributed by atoms with Crippen molar-refractivity contribution in [3.63, 3.8) is 0 Å². The van der Waals surface area contributed by atoms with E-state index in [9.17, 15) is 4.79 Å². The van der Waals surface area contributed by atoms with Crippen LogP contribution in [0, 0.1) is 5.41 Å². The second-order valence-electron chi connectivity index (χ2n) is 6.18. The normalized spacial score (nSPS) is 19.2. The van der Waals surface area contributed by atoms with Gasteiger partial charge in [-0.1, -0.05) is 25.4 Å². The molecule has 0 radical (unpaired) electrons. The first-order chi connectivity index (χ1) is 8.87. The molecule has 0 aliphatic heterocycles. The summed E-state index contributed by atoms with van der Waals surface area (Å²) in [6.45, 7) is 6.14. The second kappa shape index (κ2) is 5.54. The largest absolute Gasteiger partial charge is 0.489 e. The van der Waals surface area contributed by atoms with Gasteiger partial charge in [-0.15, -0.1) is 0 Å². The molecule has 1 fully saturated rings. The minimum atomic E-state index is 0.0212. The summed E-state index contributed by atoms with van der Waals surface area (Å²) in [6.07, 6.45) is 4.74. The molecule has 0 atom stereocenters. The van der Waals surface area contributed by atoms with E-state index in [2.05, 4.69) is 13.8 Å². The third-order valence-electron chi connectivity index (χ3n) is 3.92. The van der Waals surface area contributed by atoms with Gasteiger partial charge in [0.05, 0.1) is 11.1 Å². The Hall–Kier alpha value is -1.02. The fraction of sp³-hybridized carbons (Fsp3) is 0.562. The number of ether oxygens (including phenoxy) is 1. The molecule has 19 heavy (non-hydrogen) atoms. The topological polar surface area (TPSA) is 26.3 Å². The van der Waals surface area contributed by atoms with Crippen LogP contribution >= 0.6 is 11.6 Å². The zero-order chi connectivity index (χ0) is 14.0. The lowest BCUT2D eigenvalue weighted by Gasteiger charge is -2.34. The van der Waals surface area contributed by atoms with Crippen molar-refractivity contribution in [2.24, 2.45) is 5.41 Å². The van der Waals surface area contributed by atoms with Crippen LogP contribution in [0.3, 0.4) is 0 Å². The average molecular weight is 281 g/mol. The molecule has 2 rings (SSSR count). The Kier molecular flexibility index (Phi) is 4.19. The molecule has 1 aromatic carbocycles. The molecule has 0 amide bonds. The molecule has 2 nitrogen and oxygen atoms in total. The summed E-state index contributed by atoms with van der Waals surface area (Å²) in [5, 5.41) is 0.525. The third-order valence-corrected chi connectivity index (χ3v) is 4.21. The number of halogens is 1. The molecule has 1 saturated carbocycles. The van der Waals surface area contributed by atoms with Crippen molar-refractivity contribution in [3.05, 3.63) is 28.8 Å². The fourth-order valence-electron chi connectivity index (χ4n) is 2.49. The van der Waals surface area contributed by atoms with Gasteiger partial charge in [0.15, 0.2) is 5.78 Å². The van der Waals surface area contributed by atoms with Crippen molar-refractivity contribution in [3.8, 4) is 5.75 Å². The van der Waals surface area contributed by atoms with Gasteiger partial charge in [-0.25, -0.2) is 0 Å². The zero-order valence-corrected chi connectivity index (χ0v) is 12.6. The average Bonchev–Trinajstić information content (AvgIpc) is 2.34. The summed E-state index contributed by atoms with van der Waals surface area (Å²) >= 11 is 6.17. The van der Waals surface area contributed by atoms with Gasteiger partial charge in [0.2, 0.25) is 0 Å². The van der Waals surface area contributed by atoms with Crippen molar-refractivity contribution >= 4 is 17.4 Å². The summed E-state index contributed by atoms with van der Waals surface area (Å²) in [4.78, 5) is 11.3. The van der Waals surface area contributed by atoms with Crippen LogP contribution in [-0.2, 0) is 0 Å². The Balaban J connectivity index is 2.02. The van der Waals surface area contributed by atoms with E-state index in [4.69, 9.17) is 16.3 Å². The van der Waals surface area contributed by atoms with Crippen molar-refractivity contribution in [2.45, 2.75) is 52.6 Å². The van der Waals surface area contributed by atoms with Gasteiger partial charge in [0.25, 0.3) is 0 Å². The minimum Gasteiger partial charge on any atom is -0.489 e. The fourth-order valence-corrected chi connectivity index (χ4v) is 2.71. The van der Waals surface area contributed by atoms with Gasteiger partial charge in [-0.2, -0.15) is 0 Å². The van der Waals surface area contributed by atoms with Crippen LogP contribution in [-0.4, -0.2) is 11.9 Å². The minimum absolute atomic E-state index is 0.0212. The van der Waals surface area contributed by atoms with E-state index in [1.165, 1.54) is 19.8 Å². The van der Waals surface area contributed by atoms with E-state index in [1.54, 1.807) is 18.2 Å². The monoisotopic (exact) mass is 280 g/mol. The lowest BCUT2D eigenvalue weighted by atomic mass is 9.76. The summed E-state index contributed by atoms with van der Waals surface area (Å²) in [6, 6.07) is 5.26. The summed E-state index contributed by atoms with van der Waals surface area (Å²) in [5.74, 6) is 0.712. The number of Topliss-reactive ketones (excluding diaryl/α,β-unsaturated/α-hetero) is 1. The third kappa shape index (κ3) is 3.73. The van der Waals surface area contributed by atoms with Crippen molar-refractivity contribution in [2.75, 3.05) is 0 Å². The van der Waals surface area contributed by atoms with E-state index in [-0.39, 0.29) is 11.9 Å². The highest BCUT2D eigenvalue weighted by atomic mass is 35.5. The van der Waals surface area contributed by atoms with E-state index < -0.39 is 0 Å². The second-order valence-corrected chi connectivity index (χ2v) is 6.59. The van der Waals surface area contributed by atoms with Crippen LogP contribution in [0.1, 0.15) is 56.8 Å². The Bertz CT molecular complexity index is 470. The number of hydrogen-bond donors (Lipinski definition) is 0. The molecule has 1 aliphatic carbocycles. The standard InChI is InChI=1S/C16H21ClO2/c1-11(18)12-4-5-15(14(17)10-12)19-13-6-8-16(2,3)9-7-13/h4-5,10,13H,6-9H2,1-3H3. The molecular weight excluding hydrogens is 260 g/mol. The lowest BCUT2D eigenvalue weighted by molar-refractivity contribution is 0.0985. The maximum absolute atomic E-state index is 11.3. The highest BCUT2D eigenvalue weighted by Crippen LogP contribution is 2.37. The summed E-state index contributed by atoms with van der Waals surface area (Å²) in [5.41, 5.74) is 1.06. The molecule has 1 aromatic rings. The Morgan fingerprint density at radius 1 is 1.32 bits per heavy atom. The van der Waals surface area contributed by atoms with Crippen LogP contribution in [0.4, 0.5) is 0 Å². The smallest absolute Gasteiger partial charge is 0.159 e. The van der Waals surface area contributed by atoms with Crippen molar-refractivity contribution in [1.29, 1.82) is 0 Å². The first kappa shape index (κ1) is 14.4. The van der Waals surface area contributed by atoms with E-state index in [0.717, 1.165) is 12.8 Å². The van der Waals surface area contributed by atoms with Crippen LogP contribution in [0.5, 0.6) is 5.75 Å². The van der Waals surface area contributed by atoms with Gasteiger partial charge < -0.3 is 4.74 Å². The quantitative estimate of drug-likeness (QED) is 0.737. The number of hydrogen-bond acceptors (Lipinski definition) is 2. The summed E-state index contributed by atoms with van der Waals surface area (Å²) < 4.78 is 5.97. The SMILES string of the molecule is CC(=O)c1ccc(OC2CCC(C)(C)CC2)c(Cl)c1. The van der Waals surface area contributed by atoms with Gasteiger partial charge in [-0.05, 0) is 56.2 Å². The van der Waals surface area contributed by atoms with E-state index >= 15 is 0 Å². The van der Waals surface area contributed by atoms with Gasteiger partial charge in [-0.3, -0.25) is 4.79 Å². The molecular formula is C16H21ClO2. The lowest BCUT2D eigenvalue weighted by Crippen LogP contribution is -2.28. The summed E-state index contributed by atoms with van der Waals surface area (Å²) in [7, 11) is 0. The van der Waals surface area contributed by atoms with Crippen LogP contribution in [0.2, 0.25) is 5.02 Å². The van der Waals surface area contributed by atoms with E-state index in [0.29, 0.717) is 21.8 Å². The van der Waals surface area contributed by atoms with Gasteiger partial charge in [0, 0.05) is 5.56 Å². The maximum atomic E-state index is 11.3. The van der Waals surface area contributed by atoms with E-state index in [1.807, 2.05) is 0 Å². The number of ketones is 1. The highest BCUT2D eigenvalue weighted by Gasteiger charge is 2.28. The van der Waals surface area contributed by atoms with Crippen molar-refractivity contribution < 1.29 is 9.53 Å². The molecule has 0 aromatic heterocycles. The van der Waals surface area contributed by atoms with Gasteiger partial charge >= 0.3 is 0 Å². The first-order valence-corrected chi connectivity index (χ1v) is 7.22. The molecule has 1 aliphatic rings. The predicted molar refractivity (Wildman–Crippen MR) is 78.1 cm³/mol. The van der Waals surface area contributed by atoms with Crippen LogP contribution < -0.4 is 4.74 Å². The van der Waals surface area contributed by atoms with Gasteiger partial charge in [0.1, 0.15) is 5.75 Å². The van der Waals surface area contributed by atoms with Crippen LogP contribution in [0.15, 0.2) is 18.2 Å². The predicted octanol–water partition coefficient (Wildman–Crippen LogP) is 4.89. The molecule has 3 heteroatoms. The molecule has 0 bridgehead atoms. The highest BCUT2D eigenvalue weighted by molar-refractivity contribution is 6.32.